The van der Waals surface area contributed by atoms with Crippen LogP contribution in [0, 0.1) is 5.41 Å². The molecule has 0 bridgehead atoms. The molecular weight excluding hydrogens is 220 g/mol. The lowest BCUT2D eigenvalue weighted by Gasteiger charge is -2.38. The minimum absolute atomic E-state index is 0.602. The summed E-state index contributed by atoms with van der Waals surface area (Å²) < 4.78 is 0. The molecule has 0 amide bonds. The van der Waals surface area contributed by atoms with E-state index in [2.05, 4.69) is 31.1 Å². The van der Waals surface area contributed by atoms with Gasteiger partial charge < -0.3 is 10.2 Å². The first-order valence-electron chi connectivity index (χ1n) is 7.90. The molecular formula is C16H34N2. The van der Waals surface area contributed by atoms with Crippen molar-refractivity contribution >= 4 is 0 Å². The highest BCUT2D eigenvalue weighted by molar-refractivity contribution is 4.82. The number of nitrogens with zero attached hydrogens (tertiary/aromatic N) is 1. The summed E-state index contributed by atoms with van der Waals surface area (Å²) in [5, 5.41) is 3.22. The average Bonchev–Trinajstić information content (AvgIpc) is 2.33. The lowest BCUT2D eigenvalue weighted by atomic mass is 9.75. The van der Waals surface area contributed by atoms with Gasteiger partial charge in [0, 0.05) is 6.04 Å². The Balaban J connectivity index is 2.05. The van der Waals surface area contributed by atoms with Gasteiger partial charge in [0.25, 0.3) is 0 Å². The Kier molecular flexibility index (Phi) is 7.25. The van der Waals surface area contributed by atoms with Crippen LogP contribution in [0.2, 0.25) is 0 Å². The molecule has 1 aliphatic rings. The molecule has 18 heavy (non-hydrogen) atoms. The van der Waals surface area contributed by atoms with Crippen LogP contribution in [0.1, 0.15) is 65.2 Å². The van der Waals surface area contributed by atoms with Crippen molar-refractivity contribution in [2.75, 3.05) is 27.2 Å². The summed E-state index contributed by atoms with van der Waals surface area (Å²) in [5.41, 5.74) is 0.602. The highest BCUT2D eigenvalue weighted by Crippen LogP contribution is 2.36. The van der Waals surface area contributed by atoms with Gasteiger partial charge in [0.2, 0.25) is 0 Å². The van der Waals surface area contributed by atoms with Gasteiger partial charge in [0.15, 0.2) is 0 Å². The van der Waals surface area contributed by atoms with Crippen molar-refractivity contribution in [2.24, 2.45) is 5.41 Å². The average molecular weight is 254 g/mol. The quantitative estimate of drug-likeness (QED) is 0.665. The van der Waals surface area contributed by atoms with Crippen molar-refractivity contribution in [2.45, 2.75) is 71.3 Å². The molecule has 1 N–H and O–H groups in total. The Morgan fingerprint density at radius 1 is 1.06 bits per heavy atom. The highest BCUT2D eigenvalue weighted by Gasteiger charge is 2.28. The second kappa shape index (κ2) is 8.16. The molecule has 0 aromatic carbocycles. The van der Waals surface area contributed by atoms with Crippen LogP contribution in [0.4, 0.5) is 0 Å². The Hall–Kier alpha value is -0.0800. The summed E-state index contributed by atoms with van der Waals surface area (Å²) in [6.07, 6.45) is 11.1. The maximum absolute atomic E-state index is 3.22. The van der Waals surface area contributed by atoms with Crippen molar-refractivity contribution in [1.29, 1.82) is 0 Å². The molecule has 0 spiro atoms. The third-order valence-electron chi connectivity index (χ3n) is 4.62. The summed E-state index contributed by atoms with van der Waals surface area (Å²) in [6.45, 7) is 7.31. The Morgan fingerprint density at radius 2 is 1.67 bits per heavy atom. The van der Waals surface area contributed by atoms with Crippen molar-refractivity contribution in [3.63, 3.8) is 0 Å². The minimum Gasteiger partial charge on any atom is -0.320 e. The van der Waals surface area contributed by atoms with Gasteiger partial charge in [0.1, 0.15) is 0 Å². The van der Waals surface area contributed by atoms with E-state index in [0.29, 0.717) is 5.41 Å². The van der Waals surface area contributed by atoms with Gasteiger partial charge in [-0.05, 0) is 71.1 Å². The predicted octanol–water partition coefficient (Wildman–Crippen LogP) is 3.67. The number of unbranched alkanes of at least 4 members (excludes halogenated alkanes) is 3. The summed E-state index contributed by atoms with van der Waals surface area (Å²) in [7, 11) is 4.37. The maximum Gasteiger partial charge on any atom is 0.00926 e. The summed E-state index contributed by atoms with van der Waals surface area (Å²) >= 11 is 0. The Labute approximate surface area is 115 Å². The molecule has 0 heterocycles. The third kappa shape index (κ3) is 6.19. The van der Waals surface area contributed by atoms with Crippen molar-refractivity contribution < 1.29 is 0 Å². The first-order valence-corrected chi connectivity index (χ1v) is 7.90. The lowest BCUT2D eigenvalue weighted by Crippen LogP contribution is -2.37. The fourth-order valence-corrected chi connectivity index (χ4v) is 3.02. The zero-order chi connectivity index (χ0) is 13.4. The molecule has 0 radical (unpaired) electrons. The van der Waals surface area contributed by atoms with Gasteiger partial charge in [-0.1, -0.05) is 26.7 Å². The summed E-state index contributed by atoms with van der Waals surface area (Å²) in [5.74, 6) is 0. The van der Waals surface area contributed by atoms with Gasteiger partial charge in [-0.2, -0.15) is 0 Å². The van der Waals surface area contributed by atoms with Crippen LogP contribution in [0.5, 0.6) is 0 Å². The molecule has 2 nitrogen and oxygen atoms in total. The molecule has 2 heteroatoms. The van der Waals surface area contributed by atoms with Crippen LogP contribution >= 0.6 is 0 Å². The molecule has 1 aliphatic carbocycles. The van der Waals surface area contributed by atoms with E-state index in [4.69, 9.17) is 0 Å². The van der Waals surface area contributed by atoms with E-state index in [-0.39, 0.29) is 0 Å². The largest absolute Gasteiger partial charge is 0.320 e. The van der Waals surface area contributed by atoms with Crippen LogP contribution < -0.4 is 5.32 Å². The van der Waals surface area contributed by atoms with Gasteiger partial charge in [-0.25, -0.2) is 0 Å². The molecule has 108 valence electrons. The van der Waals surface area contributed by atoms with E-state index < -0.39 is 0 Å². The van der Waals surface area contributed by atoms with Gasteiger partial charge >= 0.3 is 0 Å². The minimum atomic E-state index is 0.602. The molecule has 0 unspecified atom stereocenters. The number of rotatable bonds is 8. The zero-order valence-electron chi connectivity index (χ0n) is 13.1. The fourth-order valence-electron chi connectivity index (χ4n) is 3.02. The maximum atomic E-state index is 3.22. The fraction of sp³-hybridized carbons (Fsp3) is 1.00. The smallest absolute Gasteiger partial charge is 0.00926 e. The van der Waals surface area contributed by atoms with Gasteiger partial charge in [-0.3, -0.25) is 0 Å². The topological polar surface area (TPSA) is 15.3 Å². The highest BCUT2D eigenvalue weighted by atomic mass is 15.1. The zero-order valence-corrected chi connectivity index (χ0v) is 13.1. The lowest BCUT2D eigenvalue weighted by molar-refractivity contribution is 0.126. The summed E-state index contributed by atoms with van der Waals surface area (Å²) in [6, 6.07) is 0.857. The van der Waals surface area contributed by atoms with Crippen LogP contribution in [0.3, 0.4) is 0 Å². The Bertz CT molecular complexity index is 203. The monoisotopic (exact) mass is 254 g/mol. The first kappa shape index (κ1) is 16.0. The van der Waals surface area contributed by atoms with E-state index in [0.717, 1.165) is 6.04 Å². The van der Waals surface area contributed by atoms with Crippen molar-refractivity contribution in [3.05, 3.63) is 0 Å². The van der Waals surface area contributed by atoms with Gasteiger partial charge in [-0.15, -0.1) is 0 Å². The van der Waals surface area contributed by atoms with Crippen molar-refractivity contribution in [3.8, 4) is 0 Å². The van der Waals surface area contributed by atoms with Crippen LogP contribution in [-0.2, 0) is 0 Å². The molecule has 0 aromatic rings. The SMILES string of the molecule is CNCCCCCCN(C)C1CCC(C)(C)CC1. The predicted molar refractivity (Wildman–Crippen MR) is 81.1 cm³/mol. The van der Waals surface area contributed by atoms with Gasteiger partial charge in [0.05, 0.1) is 0 Å². The molecule has 0 atom stereocenters. The van der Waals surface area contributed by atoms with Crippen molar-refractivity contribution in [1.82, 2.24) is 10.2 Å². The molecule has 1 saturated carbocycles. The second-order valence-electron chi connectivity index (χ2n) is 6.89. The van der Waals surface area contributed by atoms with E-state index in [9.17, 15) is 0 Å². The second-order valence-corrected chi connectivity index (χ2v) is 6.89. The van der Waals surface area contributed by atoms with E-state index in [1.807, 2.05) is 7.05 Å². The molecule has 1 fully saturated rings. The van der Waals surface area contributed by atoms with Crippen LogP contribution in [0.15, 0.2) is 0 Å². The standard InChI is InChI=1S/C16H34N2/c1-16(2)11-9-15(10-12-16)18(4)14-8-6-5-7-13-17-3/h15,17H,5-14H2,1-4H3. The third-order valence-corrected chi connectivity index (χ3v) is 4.62. The van der Waals surface area contributed by atoms with E-state index in [1.165, 1.54) is 64.5 Å². The van der Waals surface area contributed by atoms with E-state index >= 15 is 0 Å². The molecule has 0 aromatic heterocycles. The van der Waals surface area contributed by atoms with E-state index in [1.54, 1.807) is 0 Å². The number of hydrogen-bond donors (Lipinski definition) is 1. The molecule has 0 saturated heterocycles. The number of nitrogens with one attached hydrogen (secondary N) is 1. The summed E-state index contributed by atoms with van der Waals surface area (Å²) in [4.78, 5) is 2.62. The number of hydrogen-bond acceptors (Lipinski definition) is 2. The first-order chi connectivity index (χ1) is 8.55. The van der Waals surface area contributed by atoms with Crippen LogP contribution in [-0.4, -0.2) is 38.1 Å². The van der Waals surface area contributed by atoms with Crippen LogP contribution in [0.25, 0.3) is 0 Å². The molecule has 0 aliphatic heterocycles. The normalized spacial score (nSPS) is 20.5. The molecule has 1 rings (SSSR count). The Morgan fingerprint density at radius 3 is 2.28 bits per heavy atom.